The summed E-state index contributed by atoms with van der Waals surface area (Å²) in [6.45, 7) is 6.47. The zero-order valence-corrected chi connectivity index (χ0v) is 12.8. The number of carbonyl (C=O) groups excluding carboxylic acids is 1. The lowest BCUT2D eigenvalue weighted by Crippen LogP contribution is -2.14. The van der Waals surface area contributed by atoms with Crippen LogP contribution in [-0.2, 0) is 11.3 Å². The molecular formula is C16H20N2O3. The maximum Gasteiger partial charge on any atom is 0.355 e. The van der Waals surface area contributed by atoms with Crippen LogP contribution in [0.15, 0.2) is 24.4 Å². The molecule has 2 rings (SSSR count). The minimum atomic E-state index is -0.306. The van der Waals surface area contributed by atoms with Crippen LogP contribution < -0.4 is 4.74 Å². The molecule has 0 unspecified atom stereocenters. The van der Waals surface area contributed by atoms with Crippen molar-refractivity contribution in [3.05, 3.63) is 47.0 Å². The summed E-state index contributed by atoms with van der Waals surface area (Å²) in [6.07, 6.45) is 1.87. The fraction of sp³-hybridized carbons (Fsp3) is 0.375. The molecule has 21 heavy (non-hydrogen) atoms. The summed E-state index contributed by atoms with van der Waals surface area (Å²) in [5.41, 5.74) is 3.19. The first-order chi connectivity index (χ1) is 10.0. The van der Waals surface area contributed by atoms with E-state index in [1.54, 1.807) is 14.0 Å². The average Bonchev–Trinajstić information content (AvgIpc) is 2.79. The summed E-state index contributed by atoms with van der Waals surface area (Å²) < 4.78 is 12.2. The van der Waals surface area contributed by atoms with Gasteiger partial charge in [0.1, 0.15) is 11.4 Å². The zero-order chi connectivity index (χ0) is 15.4. The van der Waals surface area contributed by atoms with Crippen molar-refractivity contribution in [2.45, 2.75) is 27.3 Å². The molecule has 0 aliphatic rings. The molecule has 0 saturated carbocycles. The molecule has 0 N–H and O–H groups in total. The largest absolute Gasteiger partial charge is 0.497 e. The van der Waals surface area contributed by atoms with E-state index in [9.17, 15) is 4.79 Å². The van der Waals surface area contributed by atoms with Crippen LogP contribution >= 0.6 is 0 Å². The fourth-order valence-electron chi connectivity index (χ4n) is 2.27. The number of carbonyl (C=O) groups is 1. The number of hydrogen-bond acceptors (Lipinski definition) is 4. The third kappa shape index (κ3) is 3.42. The molecule has 0 radical (unpaired) electrons. The molecule has 0 spiro atoms. The van der Waals surface area contributed by atoms with Crippen LogP contribution in [0.1, 0.15) is 34.4 Å². The number of ether oxygens (including phenoxy) is 2. The third-order valence-electron chi connectivity index (χ3n) is 3.18. The Morgan fingerprint density at radius 2 is 2.10 bits per heavy atom. The molecular weight excluding hydrogens is 268 g/mol. The Hall–Kier alpha value is -2.30. The van der Waals surface area contributed by atoms with Crippen molar-refractivity contribution >= 4 is 5.97 Å². The van der Waals surface area contributed by atoms with E-state index in [2.05, 4.69) is 4.98 Å². The topological polar surface area (TPSA) is 53.4 Å². The molecule has 2 aromatic heterocycles. The Labute approximate surface area is 124 Å². The van der Waals surface area contributed by atoms with Gasteiger partial charge in [0.05, 0.1) is 26.0 Å². The molecule has 0 atom stereocenters. The van der Waals surface area contributed by atoms with Crippen molar-refractivity contribution in [2.24, 2.45) is 0 Å². The van der Waals surface area contributed by atoms with Crippen LogP contribution in [0.2, 0.25) is 0 Å². The molecule has 2 heterocycles. The minimum Gasteiger partial charge on any atom is -0.497 e. The van der Waals surface area contributed by atoms with Gasteiger partial charge in [0, 0.05) is 24.0 Å². The van der Waals surface area contributed by atoms with E-state index in [0.29, 0.717) is 18.8 Å². The maximum atomic E-state index is 12.0. The van der Waals surface area contributed by atoms with Crippen LogP contribution in [0.25, 0.3) is 0 Å². The average molecular weight is 288 g/mol. The molecule has 2 aromatic rings. The first-order valence-electron chi connectivity index (χ1n) is 6.89. The molecule has 112 valence electrons. The van der Waals surface area contributed by atoms with Gasteiger partial charge >= 0.3 is 5.97 Å². The smallest absolute Gasteiger partial charge is 0.355 e. The second-order valence-corrected chi connectivity index (χ2v) is 4.84. The van der Waals surface area contributed by atoms with Gasteiger partial charge in [-0.25, -0.2) is 4.79 Å². The summed E-state index contributed by atoms with van der Waals surface area (Å²) in [5.74, 6) is 0.457. The van der Waals surface area contributed by atoms with Crippen LogP contribution in [0.3, 0.4) is 0 Å². The highest BCUT2D eigenvalue weighted by Crippen LogP contribution is 2.17. The molecule has 0 amide bonds. The summed E-state index contributed by atoms with van der Waals surface area (Å²) in [7, 11) is 1.63. The highest BCUT2D eigenvalue weighted by molar-refractivity contribution is 5.89. The lowest BCUT2D eigenvalue weighted by molar-refractivity contribution is 0.0513. The highest BCUT2D eigenvalue weighted by atomic mass is 16.5. The lowest BCUT2D eigenvalue weighted by Gasteiger charge is -2.11. The monoisotopic (exact) mass is 288 g/mol. The molecule has 0 aliphatic heterocycles. The standard InChI is InChI=1S/C16H20N2O3/c1-5-21-16(19)15-11(2)6-7-18(15)10-13-9-14(20-4)8-12(3)17-13/h6-9H,5,10H2,1-4H3. The van der Waals surface area contributed by atoms with Crippen molar-refractivity contribution < 1.29 is 14.3 Å². The van der Waals surface area contributed by atoms with Crippen LogP contribution in [-0.4, -0.2) is 29.2 Å². The van der Waals surface area contributed by atoms with Gasteiger partial charge in [-0.2, -0.15) is 0 Å². The first-order valence-corrected chi connectivity index (χ1v) is 6.89. The van der Waals surface area contributed by atoms with Gasteiger partial charge in [0.25, 0.3) is 0 Å². The van der Waals surface area contributed by atoms with Crippen molar-refractivity contribution in [3.8, 4) is 5.75 Å². The number of hydrogen-bond donors (Lipinski definition) is 0. The summed E-state index contributed by atoms with van der Waals surface area (Å²) in [5, 5.41) is 0. The molecule has 0 bridgehead atoms. The van der Waals surface area contributed by atoms with Gasteiger partial charge in [-0.3, -0.25) is 4.98 Å². The van der Waals surface area contributed by atoms with E-state index in [4.69, 9.17) is 9.47 Å². The number of aromatic nitrogens is 2. The Morgan fingerprint density at radius 3 is 2.76 bits per heavy atom. The molecule has 0 aromatic carbocycles. The van der Waals surface area contributed by atoms with Crippen molar-refractivity contribution in [1.82, 2.24) is 9.55 Å². The quantitative estimate of drug-likeness (QED) is 0.794. The van der Waals surface area contributed by atoms with Crippen molar-refractivity contribution in [2.75, 3.05) is 13.7 Å². The SMILES string of the molecule is CCOC(=O)c1c(C)ccn1Cc1cc(OC)cc(C)n1. The summed E-state index contributed by atoms with van der Waals surface area (Å²) >= 11 is 0. The van der Waals surface area contributed by atoms with Gasteiger partial charge in [0.2, 0.25) is 0 Å². The number of methoxy groups -OCH3 is 1. The first kappa shape index (κ1) is 15.1. The highest BCUT2D eigenvalue weighted by Gasteiger charge is 2.16. The van der Waals surface area contributed by atoms with E-state index in [0.717, 1.165) is 22.7 Å². The predicted octanol–water partition coefficient (Wildman–Crippen LogP) is 2.73. The number of pyridine rings is 1. The van der Waals surface area contributed by atoms with Gasteiger partial charge in [-0.1, -0.05) is 0 Å². The van der Waals surface area contributed by atoms with E-state index >= 15 is 0 Å². The van der Waals surface area contributed by atoms with E-state index < -0.39 is 0 Å². The molecule has 5 nitrogen and oxygen atoms in total. The molecule has 0 saturated heterocycles. The molecule has 0 fully saturated rings. The van der Waals surface area contributed by atoms with E-state index in [-0.39, 0.29) is 5.97 Å². The van der Waals surface area contributed by atoms with Gasteiger partial charge in [-0.05, 0) is 32.4 Å². The number of esters is 1. The van der Waals surface area contributed by atoms with E-state index in [1.807, 2.05) is 42.8 Å². The number of nitrogens with zero attached hydrogens (tertiary/aromatic N) is 2. The Balaban J connectivity index is 2.32. The number of rotatable bonds is 5. The normalized spacial score (nSPS) is 10.5. The van der Waals surface area contributed by atoms with Crippen LogP contribution in [0.4, 0.5) is 0 Å². The number of aryl methyl sites for hydroxylation is 2. The summed E-state index contributed by atoms with van der Waals surface area (Å²) in [6, 6.07) is 5.65. The van der Waals surface area contributed by atoms with Crippen molar-refractivity contribution in [3.63, 3.8) is 0 Å². The van der Waals surface area contributed by atoms with Gasteiger partial charge < -0.3 is 14.0 Å². The molecule has 0 aliphatic carbocycles. The lowest BCUT2D eigenvalue weighted by atomic mass is 10.2. The van der Waals surface area contributed by atoms with Gasteiger partial charge in [-0.15, -0.1) is 0 Å². The Bertz CT molecular complexity index is 647. The Kier molecular flexibility index (Phi) is 4.62. The van der Waals surface area contributed by atoms with Crippen LogP contribution in [0, 0.1) is 13.8 Å². The predicted molar refractivity (Wildman–Crippen MR) is 79.8 cm³/mol. The second-order valence-electron chi connectivity index (χ2n) is 4.84. The van der Waals surface area contributed by atoms with Gasteiger partial charge in [0.15, 0.2) is 0 Å². The maximum absolute atomic E-state index is 12.0. The Morgan fingerprint density at radius 1 is 1.33 bits per heavy atom. The fourth-order valence-corrected chi connectivity index (χ4v) is 2.27. The summed E-state index contributed by atoms with van der Waals surface area (Å²) in [4.78, 5) is 16.5. The van der Waals surface area contributed by atoms with Crippen molar-refractivity contribution in [1.29, 1.82) is 0 Å². The molecule has 5 heteroatoms. The van der Waals surface area contributed by atoms with Crippen LogP contribution in [0.5, 0.6) is 5.75 Å². The van der Waals surface area contributed by atoms with E-state index in [1.165, 1.54) is 0 Å². The second kappa shape index (κ2) is 6.43. The zero-order valence-electron chi connectivity index (χ0n) is 12.8. The minimum absolute atomic E-state index is 0.306. The third-order valence-corrected chi connectivity index (χ3v) is 3.18.